The molecule has 1 aromatic carbocycles. The van der Waals surface area contributed by atoms with Gasteiger partial charge in [-0.2, -0.15) is 0 Å². The first-order valence-electron chi connectivity index (χ1n) is 6.30. The molecule has 2 heterocycles. The largest absolute Gasteiger partial charge is 0.397 e. The van der Waals surface area contributed by atoms with Gasteiger partial charge in [0.15, 0.2) is 0 Å². The van der Waals surface area contributed by atoms with E-state index in [-0.39, 0.29) is 16.6 Å². The van der Waals surface area contributed by atoms with Crippen LogP contribution >= 0.6 is 12.6 Å². The van der Waals surface area contributed by atoms with Gasteiger partial charge in [-0.3, -0.25) is 25.2 Å². The van der Waals surface area contributed by atoms with Crippen molar-refractivity contribution < 1.29 is 25.4 Å². The Morgan fingerprint density at radius 2 is 1.75 bits per heavy atom. The Morgan fingerprint density at radius 3 is 2.29 bits per heavy atom. The molecule has 4 N–H and O–H groups in total. The fourth-order valence-corrected chi connectivity index (χ4v) is 1.95. The predicted molar refractivity (Wildman–Crippen MR) is 92.5 cm³/mol. The number of para-hydroxylation sites is 1. The van der Waals surface area contributed by atoms with Crippen LogP contribution < -0.4 is 5.73 Å². The minimum absolute atomic E-state index is 0. The van der Waals surface area contributed by atoms with E-state index in [1.54, 1.807) is 6.20 Å². The first-order valence-corrected chi connectivity index (χ1v) is 6.74. The van der Waals surface area contributed by atoms with Crippen molar-refractivity contribution in [2.45, 2.75) is 11.3 Å². The van der Waals surface area contributed by atoms with Crippen molar-refractivity contribution in [1.82, 2.24) is 9.97 Å². The Hall–Kier alpha value is -2.36. The van der Waals surface area contributed by atoms with Crippen LogP contribution in [0.25, 0.3) is 10.9 Å². The molecule has 9 heteroatoms. The molecule has 5 nitrogen and oxygen atoms in total. The minimum atomic E-state index is -2.46. The molecule has 3 aromatic rings. The van der Waals surface area contributed by atoms with Gasteiger partial charge in [0.1, 0.15) is 0 Å². The van der Waals surface area contributed by atoms with Crippen molar-refractivity contribution in [2.75, 3.05) is 5.73 Å². The van der Waals surface area contributed by atoms with Gasteiger partial charge in [-0.05, 0) is 18.2 Å². The summed E-state index contributed by atoms with van der Waals surface area (Å²) in [6.45, 7) is 0. The summed E-state index contributed by atoms with van der Waals surface area (Å²) in [6.07, 6.45) is 1.90. The maximum absolute atomic E-state index is 12.0. The van der Waals surface area contributed by atoms with E-state index in [1.165, 1.54) is 18.5 Å². The zero-order valence-electron chi connectivity index (χ0n) is 12.3. The van der Waals surface area contributed by atoms with Crippen molar-refractivity contribution in [3.05, 3.63) is 60.6 Å². The normalized spacial score (nSPS) is 9.25. The second-order valence-electron chi connectivity index (χ2n) is 4.16. The topological polar surface area (TPSA) is 92.3 Å². The zero-order valence-corrected chi connectivity index (χ0v) is 13.1. The zero-order chi connectivity index (χ0) is 17.2. The number of alkyl halides is 2. The van der Waals surface area contributed by atoms with E-state index in [4.69, 9.17) is 16.2 Å². The maximum atomic E-state index is 12.0. The van der Waals surface area contributed by atoms with Gasteiger partial charge in [0, 0.05) is 35.9 Å². The van der Waals surface area contributed by atoms with Gasteiger partial charge in [-0.1, -0.05) is 18.2 Å². The van der Waals surface area contributed by atoms with Gasteiger partial charge in [-0.25, -0.2) is 8.78 Å². The summed E-state index contributed by atoms with van der Waals surface area (Å²) < 4.78 is 23.9. The molecule has 0 amide bonds. The van der Waals surface area contributed by atoms with Crippen molar-refractivity contribution >= 4 is 29.2 Å². The number of pyridine rings is 2. The van der Waals surface area contributed by atoms with Crippen LogP contribution in [0.15, 0.2) is 59.9 Å². The fraction of sp³-hybridized carbons (Fsp3) is 0.0667. The average Bonchev–Trinajstić information content (AvgIpc) is 2.58. The lowest BCUT2D eigenvalue weighted by Crippen LogP contribution is -1.87. The van der Waals surface area contributed by atoms with E-state index in [0.717, 1.165) is 16.6 Å². The fourth-order valence-electron chi connectivity index (χ4n) is 1.71. The third-order valence-electron chi connectivity index (χ3n) is 2.73. The lowest BCUT2D eigenvalue weighted by atomic mass is 10.2. The standard InChI is InChI=1S/C9H8N2.C6H5F2NS.FH.H2O2.H2/c10-8-5-1-3-7-4-2-6-11-9(7)8;7-6(8)4-1-2-9-3-5(4)10;;1-2;/h1-6H,10H2;1-3,6,10H;1H;1-2H;1H. The number of aromatic nitrogens is 2. The number of nitrogens with two attached hydrogens (primary N) is 1. The number of halogens is 3. The second kappa shape index (κ2) is 11.2. The number of benzene rings is 1. The molecule has 0 saturated carbocycles. The number of anilines is 1. The number of hydrogen-bond donors (Lipinski definition) is 4. The van der Waals surface area contributed by atoms with Crippen molar-refractivity contribution in [1.29, 1.82) is 0 Å². The van der Waals surface area contributed by atoms with Gasteiger partial charge in [0.2, 0.25) is 0 Å². The predicted octanol–water partition coefficient (Wildman–Crippen LogP) is 4.54. The summed E-state index contributed by atoms with van der Waals surface area (Å²) >= 11 is 3.79. The molecule has 3 rings (SSSR count). The smallest absolute Gasteiger partial charge is 0.265 e. The molecule has 0 aliphatic heterocycles. The summed E-state index contributed by atoms with van der Waals surface area (Å²) in [7, 11) is 0. The number of fused-ring (bicyclic) bond motifs is 1. The van der Waals surface area contributed by atoms with Crippen LogP contribution in [0.5, 0.6) is 0 Å². The third-order valence-corrected chi connectivity index (χ3v) is 3.11. The monoisotopic (exact) mass is 361 g/mol. The highest BCUT2D eigenvalue weighted by molar-refractivity contribution is 7.80. The van der Waals surface area contributed by atoms with Gasteiger partial charge < -0.3 is 5.73 Å². The van der Waals surface area contributed by atoms with Crippen LogP contribution in [-0.2, 0) is 0 Å². The summed E-state index contributed by atoms with van der Waals surface area (Å²) in [5.74, 6) is 0. The molecule has 132 valence electrons. The Bertz CT molecular complexity index is 749. The van der Waals surface area contributed by atoms with Gasteiger partial charge >= 0.3 is 0 Å². The summed E-state index contributed by atoms with van der Waals surface area (Å²) in [5.41, 5.74) is 7.25. The van der Waals surface area contributed by atoms with Crippen LogP contribution in [0.4, 0.5) is 19.2 Å². The lowest BCUT2D eigenvalue weighted by molar-refractivity contribution is -0.176. The highest BCUT2D eigenvalue weighted by atomic mass is 32.1. The molecular weight excluding hydrogens is 343 g/mol. The molecule has 0 fully saturated rings. The summed E-state index contributed by atoms with van der Waals surface area (Å²) in [4.78, 5) is 8.01. The van der Waals surface area contributed by atoms with Crippen molar-refractivity contribution in [3.8, 4) is 0 Å². The number of nitrogen functional groups attached to an aromatic ring is 1. The van der Waals surface area contributed by atoms with Gasteiger partial charge in [-0.15, -0.1) is 12.6 Å². The average molecular weight is 361 g/mol. The third kappa shape index (κ3) is 6.03. The number of thiol groups is 1. The molecule has 0 aliphatic carbocycles. The maximum Gasteiger partial charge on any atom is 0.265 e. The molecule has 0 atom stereocenters. The van der Waals surface area contributed by atoms with Crippen LogP contribution in [0, 0.1) is 0 Å². The highest BCUT2D eigenvalue weighted by Crippen LogP contribution is 2.23. The molecule has 0 bridgehead atoms. The van der Waals surface area contributed by atoms with E-state index in [2.05, 4.69) is 22.6 Å². The van der Waals surface area contributed by atoms with Crippen LogP contribution in [0.2, 0.25) is 0 Å². The molecular formula is C15H18F3N3O2S. The van der Waals surface area contributed by atoms with Gasteiger partial charge in [0.05, 0.1) is 11.2 Å². The minimum Gasteiger partial charge on any atom is -0.397 e. The van der Waals surface area contributed by atoms with E-state index >= 15 is 0 Å². The van der Waals surface area contributed by atoms with Crippen molar-refractivity contribution in [3.63, 3.8) is 0 Å². The molecule has 0 aliphatic rings. The number of nitrogens with zero attached hydrogens (tertiary/aromatic N) is 2. The van der Waals surface area contributed by atoms with Crippen LogP contribution in [0.1, 0.15) is 13.4 Å². The molecule has 24 heavy (non-hydrogen) atoms. The summed E-state index contributed by atoms with van der Waals surface area (Å²) in [6, 6.07) is 10.9. The lowest BCUT2D eigenvalue weighted by Gasteiger charge is -1.99. The number of rotatable bonds is 1. The van der Waals surface area contributed by atoms with Gasteiger partial charge in [0.25, 0.3) is 6.43 Å². The Balaban J connectivity index is 0. The SMILES string of the molecule is F.FC(F)c1ccncc1S.Nc1cccc2cccnc12.OO.[HH]. The first-order chi connectivity index (χ1) is 11.1. The molecule has 0 spiro atoms. The van der Waals surface area contributed by atoms with E-state index in [0.29, 0.717) is 0 Å². The van der Waals surface area contributed by atoms with E-state index < -0.39 is 6.43 Å². The number of hydrogen-bond acceptors (Lipinski definition) is 6. The quantitative estimate of drug-likeness (QED) is 0.221. The van der Waals surface area contributed by atoms with E-state index in [9.17, 15) is 8.78 Å². The second-order valence-corrected chi connectivity index (χ2v) is 4.64. The Kier molecular flexibility index (Phi) is 10.1. The van der Waals surface area contributed by atoms with Crippen molar-refractivity contribution in [2.24, 2.45) is 0 Å². The Labute approximate surface area is 143 Å². The Morgan fingerprint density at radius 1 is 1.08 bits per heavy atom. The highest BCUT2D eigenvalue weighted by Gasteiger charge is 2.08. The molecule has 0 saturated heterocycles. The molecule has 2 aromatic heterocycles. The van der Waals surface area contributed by atoms with Crippen LogP contribution in [-0.4, -0.2) is 20.5 Å². The summed E-state index contributed by atoms with van der Waals surface area (Å²) in [5, 5.41) is 13.1. The van der Waals surface area contributed by atoms with E-state index in [1.807, 2.05) is 30.3 Å². The first kappa shape index (κ1) is 21.6. The molecule has 0 radical (unpaired) electrons. The van der Waals surface area contributed by atoms with Crippen LogP contribution in [0.3, 0.4) is 0 Å². The molecule has 0 unspecified atom stereocenters.